The molecule has 0 bridgehead atoms. The van der Waals surface area contributed by atoms with E-state index in [1.54, 1.807) is 18.5 Å². The van der Waals surface area contributed by atoms with Gasteiger partial charge in [-0.2, -0.15) is 4.31 Å². The van der Waals surface area contributed by atoms with Crippen LogP contribution < -0.4 is 5.73 Å². The molecule has 2 rings (SSSR count). The van der Waals surface area contributed by atoms with Crippen LogP contribution in [0.2, 0.25) is 0 Å². The van der Waals surface area contributed by atoms with Gasteiger partial charge in [-0.25, -0.2) is 8.42 Å². The Morgan fingerprint density at radius 2 is 2.14 bits per heavy atom. The molecule has 0 aliphatic heterocycles. The fourth-order valence-electron chi connectivity index (χ4n) is 2.63. The second-order valence-corrected chi connectivity index (χ2v) is 7.63. The zero-order valence-electron chi connectivity index (χ0n) is 12.0. The molecule has 3 N–H and O–H groups in total. The zero-order valence-corrected chi connectivity index (χ0v) is 12.8. The van der Waals surface area contributed by atoms with Crippen LogP contribution in [0.3, 0.4) is 0 Å². The lowest BCUT2D eigenvalue weighted by atomic mass is 10.3. The number of nitrogens with zero attached hydrogens (tertiary/aromatic N) is 2. The molecule has 0 amide bonds. The quantitative estimate of drug-likeness (QED) is 0.588. The molecule has 1 heterocycles. The Morgan fingerprint density at radius 3 is 2.71 bits per heavy atom. The van der Waals surface area contributed by atoms with Gasteiger partial charge in [0.05, 0.1) is 11.1 Å². The smallest absolute Gasteiger partial charge is 0.217 e. The number of hydrogen-bond acceptors (Lipinski definition) is 4. The van der Waals surface area contributed by atoms with Crippen molar-refractivity contribution in [2.75, 3.05) is 6.54 Å². The number of aromatic nitrogens is 1. The molecule has 1 aromatic rings. The number of pyridine rings is 1. The zero-order chi connectivity index (χ0) is 15.3. The van der Waals surface area contributed by atoms with E-state index in [1.165, 1.54) is 4.31 Å². The van der Waals surface area contributed by atoms with Gasteiger partial charge in [0.2, 0.25) is 10.0 Å². The molecule has 1 fully saturated rings. The van der Waals surface area contributed by atoms with Crippen LogP contribution in [0.5, 0.6) is 0 Å². The highest BCUT2D eigenvalue weighted by molar-refractivity contribution is 7.89. The molecule has 0 radical (unpaired) electrons. The molecule has 0 atom stereocenters. The van der Waals surface area contributed by atoms with Gasteiger partial charge in [-0.3, -0.25) is 10.4 Å². The Morgan fingerprint density at radius 1 is 1.43 bits per heavy atom. The van der Waals surface area contributed by atoms with Crippen molar-refractivity contribution in [3.63, 3.8) is 0 Å². The van der Waals surface area contributed by atoms with Crippen LogP contribution in [0.15, 0.2) is 24.5 Å². The van der Waals surface area contributed by atoms with Crippen molar-refractivity contribution in [3.8, 4) is 0 Å². The van der Waals surface area contributed by atoms with Crippen LogP contribution in [0.1, 0.15) is 37.7 Å². The SMILES string of the molecule is N=C(N)CCN(Cc1cccnc1)S(=O)(=O)C1CCCC1. The van der Waals surface area contributed by atoms with Crippen LogP contribution in [-0.4, -0.2) is 35.3 Å². The monoisotopic (exact) mass is 310 g/mol. The summed E-state index contributed by atoms with van der Waals surface area (Å²) in [4.78, 5) is 4.02. The fourth-order valence-corrected chi connectivity index (χ4v) is 4.66. The predicted octanol–water partition coefficient (Wildman–Crippen LogP) is 1.48. The van der Waals surface area contributed by atoms with Gasteiger partial charge in [-0.1, -0.05) is 18.9 Å². The van der Waals surface area contributed by atoms with E-state index >= 15 is 0 Å². The molecule has 0 aromatic carbocycles. The van der Waals surface area contributed by atoms with E-state index < -0.39 is 10.0 Å². The van der Waals surface area contributed by atoms with Gasteiger partial charge in [0.1, 0.15) is 0 Å². The molecule has 21 heavy (non-hydrogen) atoms. The summed E-state index contributed by atoms with van der Waals surface area (Å²) in [5.74, 6) is 0.00723. The van der Waals surface area contributed by atoms with Crippen molar-refractivity contribution >= 4 is 15.9 Å². The Balaban J connectivity index is 2.16. The van der Waals surface area contributed by atoms with Gasteiger partial charge >= 0.3 is 0 Å². The van der Waals surface area contributed by atoms with E-state index in [0.29, 0.717) is 6.54 Å². The Kier molecular flexibility index (Phi) is 5.30. The average Bonchev–Trinajstić information content (AvgIpc) is 2.99. The maximum atomic E-state index is 12.7. The summed E-state index contributed by atoms with van der Waals surface area (Å²) in [7, 11) is -3.34. The Bertz CT molecular complexity index is 568. The third-order valence-corrected chi connectivity index (χ3v) is 6.14. The molecule has 1 aromatic heterocycles. The van der Waals surface area contributed by atoms with E-state index in [9.17, 15) is 8.42 Å². The maximum absolute atomic E-state index is 12.7. The molecule has 0 spiro atoms. The van der Waals surface area contributed by atoms with Crippen LogP contribution >= 0.6 is 0 Å². The predicted molar refractivity (Wildman–Crippen MR) is 82.4 cm³/mol. The molecule has 1 aliphatic rings. The van der Waals surface area contributed by atoms with Gasteiger partial charge in [0, 0.05) is 31.9 Å². The third kappa shape index (κ3) is 4.25. The normalized spacial score (nSPS) is 16.4. The van der Waals surface area contributed by atoms with Gasteiger partial charge in [0.25, 0.3) is 0 Å². The van der Waals surface area contributed by atoms with Gasteiger partial charge in [-0.15, -0.1) is 0 Å². The first-order chi connectivity index (χ1) is 10.00. The molecule has 116 valence electrons. The molecule has 6 nitrogen and oxygen atoms in total. The second-order valence-electron chi connectivity index (χ2n) is 5.42. The molecule has 0 saturated heterocycles. The average molecular weight is 310 g/mol. The van der Waals surface area contributed by atoms with Gasteiger partial charge in [-0.05, 0) is 24.5 Å². The number of sulfonamides is 1. The number of rotatable bonds is 7. The second kappa shape index (κ2) is 7.00. The summed E-state index contributed by atoms with van der Waals surface area (Å²) >= 11 is 0. The first kappa shape index (κ1) is 15.9. The molecular formula is C14H22N4O2S. The summed E-state index contributed by atoms with van der Waals surface area (Å²) in [6.07, 6.45) is 6.98. The minimum atomic E-state index is -3.34. The maximum Gasteiger partial charge on any atom is 0.217 e. The van der Waals surface area contributed by atoms with Crippen molar-refractivity contribution < 1.29 is 8.42 Å². The van der Waals surface area contributed by atoms with Crippen LogP contribution in [-0.2, 0) is 16.6 Å². The number of hydrogen-bond donors (Lipinski definition) is 2. The summed E-state index contributed by atoms with van der Waals surface area (Å²) in [6.45, 7) is 0.545. The molecule has 1 aliphatic carbocycles. The van der Waals surface area contributed by atoms with Crippen molar-refractivity contribution in [2.45, 2.75) is 43.9 Å². The lowest BCUT2D eigenvalue weighted by Crippen LogP contribution is -2.39. The van der Waals surface area contributed by atoms with E-state index in [-0.39, 0.29) is 24.1 Å². The van der Waals surface area contributed by atoms with E-state index in [4.69, 9.17) is 11.1 Å². The van der Waals surface area contributed by atoms with Crippen molar-refractivity contribution in [3.05, 3.63) is 30.1 Å². The van der Waals surface area contributed by atoms with Crippen molar-refractivity contribution in [1.29, 1.82) is 5.41 Å². The van der Waals surface area contributed by atoms with Crippen LogP contribution in [0, 0.1) is 5.41 Å². The summed E-state index contributed by atoms with van der Waals surface area (Å²) in [5.41, 5.74) is 6.23. The molecule has 7 heteroatoms. The Hall–Kier alpha value is -1.47. The lowest BCUT2D eigenvalue weighted by Gasteiger charge is -2.25. The molecular weight excluding hydrogens is 288 g/mol. The first-order valence-corrected chi connectivity index (χ1v) is 8.71. The summed E-state index contributed by atoms with van der Waals surface area (Å²) in [5, 5.41) is 7.03. The van der Waals surface area contributed by atoms with E-state index in [1.807, 2.05) is 6.07 Å². The number of nitrogens with two attached hydrogens (primary N) is 1. The van der Waals surface area contributed by atoms with Crippen LogP contribution in [0.4, 0.5) is 0 Å². The molecule has 1 saturated carbocycles. The van der Waals surface area contributed by atoms with Crippen molar-refractivity contribution in [1.82, 2.24) is 9.29 Å². The first-order valence-electron chi connectivity index (χ1n) is 7.21. The largest absolute Gasteiger partial charge is 0.388 e. The van der Waals surface area contributed by atoms with E-state index in [2.05, 4.69) is 4.98 Å². The summed E-state index contributed by atoms with van der Waals surface area (Å²) in [6, 6.07) is 3.65. The summed E-state index contributed by atoms with van der Waals surface area (Å²) < 4.78 is 26.9. The van der Waals surface area contributed by atoms with Crippen molar-refractivity contribution in [2.24, 2.45) is 5.73 Å². The van der Waals surface area contributed by atoms with Gasteiger partial charge < -0.3 is 5.73 Å². The number of nitrogens with one attached hydrogen (secondary N) is 1. The highest BCUT2D eigenvalue weighted by atomic mass is 32.2. The fraction of sp³-hybridized carbons (Fsp3) is 0.571. The highest BCUT2D eigenvalue weighted by Gasteiger charge is 2.34. The highest BCUT2D eigenvalue weighted by Crippen LogP contribution is 2.28. The number of amidine groups is 1. The van der Waals surface area contributed by atoms with Crippen LogP contribution in [0.25, 0.3) is 0 Å². The third-order valence-electron chi connectivity index (χ3n) is 3.80. The molecule has 0 unspecified atom stereocenters. The lowest BCUT2D eigenvalue weighted by molar-refractivity contribution is 0.406. The minimum absolute atomic E-state index is 0.00723. The van der Waals surface area contributed by atoms with E-state index in [0.717, 1.165) is 31.2 Å². The van der Waals surface area contributed by atoms with Gasteiger partial charge in [0.15, 0.2) is 0 Å². The minimum Gasteiger partial charge on any atom is -0.388 e. The standard InChI is InChI=1S/C14H22N4O2S/c15-14(16)7-9-18(11-12-4-3-8-17-10-12)21(19,20)13-5-1-2-6-13/h3-4,8,10,13H,1-2,5-7,9,11H2,(H3,15,16). The Labute approximate surface area is 125 Å². The topological polar surface area (TPSA) is 100 Å².